The highest BCUT2D eigenvalue weighted by Crippen LogP contribution is 2.16. The summed E-state index contributed by atoms with van der Waals surface area (Å²) in [6.07, 6.45) is 3.45. The molecule has 2 rings (SSSR count). The Morgan fingerprint density at radius 3 is 2.40 bits per heavy atom. The molecule has 0 radical (unpaired) electrons. The Labute approximate surface area is 122 Å². The Morgan fingerprint density at radius 1 is 1.15 bits per heavy atom. The molecule has 0 aromatic carbocycles. The van der Waals surface area contributed by atoms with Crippen molar-refractivity contribution in [1.29, 1.82) is 0 Å². The van der Waals surface area contributed by atoms with Crippen molar-refractivity contribution < 1.29 is 9.53 Å². The van der Waals surface area contributed by atoms with Gasteiger partial charge in [-0.3, -0.25) is 9.69 Å². The van der Waals surface area contributed by atoms with Gasteiger partial charge in [-0.2, -0.15) is 0 Å². The first-order valence-electron chi connectivity index (χ1n) is 7.99. The van der Waals surface area contributed by atoms with Crippen molar-refractivity contribution in [1.82, 2.24) is 14.7 Å². The number of carbonyl (C=O) groups is 1. The molecule has 2 heterocycles. The van der Waals surface area contributed by atoms with Gasteiger partial charge in [0, 0.05) is 39.3 Å². The van der Waals surface area contributed by atoms with Crippen LogP contribution in [-0.4, -0.2) is 86.2 Å². The molecule has 0 atom stereocenters. The number of carbonyl (C=O) groups excluding carboxylic acids is 1. The third-order valence-electron chi connectivity index (χ3n) is 4.50. The topological polar surface area (TPSA) is 36.0 Å². The third-order valence-corrected chi connectivity index (χ3v) is 4.50. The molecule has 0 N–H and O–H groups in total. The maximum Gasteiger partial charge on any atom is 0.236 e. The molecular weight excluding hydrogens is 254 g/mol. The molecule has 0 unspecified atom stereocenters. The summed E-state index contributed by atoms with van der Waals surface area (Å²) in [6.45, 7) is 9.51. The number of likely N-dealkylation sites (tertiary alicyclic amines) is 1. The molecule has 20 heavy (non-hydrogen) atoms. The van der Waals surface area contributed by atoms with E-state index in [0.717, 1.165) is 52.2 Å². The van der Waals surface area contributed by atoms with Crippen molar-refractivity contribution in [3.05, 3.63) is 0 Å². The maximum absolute atomic E-state index is 12.3. The first-order chi connectivity index (χ1) is 9.70. The van der Waals surface area contributed by atoms with E-state index in [0.29, 0.717) is 12.6 Å². The van der Waals surface area contributed by atoms with Gasteiger partial charge < -0.3 is 14.5 Å². The lowest BCUT2D eigenvalue weighted by Crippen LogP contribution is -2.49. The Bertz CT molecular complexity index is 297. The molecule has 0 aromatic rings. The van der Waals surface area contributed by atoms with Gasteiger partial charge in [0.25, 0.3) is 0 Å². The van der Waals surface area contributed by atoms with Gasteiger partial charge in [0.1, 0.15) is 0 Å². The van der Waals surface area contributed by atoms with Gasteiger partial charge >= 0.3 is 0 Å². The third kappa shape index (κ3) is 4.43. The highest BCUT2D eigenvalue weighted by molar-refractivity contribution is 5.78. The van der Waals surface area contributed by atoms with Crippen LogP contribution in [0.2, 0.25) is 0 Å². The van der Waals surface area contributed by atoms with Crippen LogP contribution < -0.4 is 0 Å². The standard InChI is InChI=1S/C15H29N3O2/c1-3-6-17-7-4-14(5-8-17)16(2)15(19)13-18-9-11-20-12-10-18/h14H,3-13H2,1-2H3. The maximum atomic E-state index is 12.3. The number of ether oxygens (including phenoxy) is 1. The Kier molecular flexibility index (Phi) is 6.26. The van der Waals surface area contributed by atoms with E-state index in [9.17, 15) is 4.79 Å². The molecule has 0 spiro atoms. The van der Waals surface area contributed by atoms with E-state index in [-0.39, 0.29) is 5.91 Å². The van der Waals surface area contributed by atoms with Gasteiger partial charge in [0.05, 0.1) is 19.8 Å². The number of amides is 1. The van der Waals surface area contributed by atoms with Crippen molar-refractivity contribution in [2.45, 2.75) is 32.2 Å². The second kappa shape index (κ2) is 7.96. The Morgan fingerprint density at radius 2 is 1.80 bits per heavy atom. The minimum absolute atomic E-state index is 0.265. The zero-order valence-corrected chi connectivity index (χ0v) is 13.0. The molecule has 0 saturated carbocycles. The lowest BCUT2D eigenvalue weighted by atomic mass is 10.0. The van der Waals surface area contributed by atoms with Crippen LogP contribution in [-0.2, 0) is 9.53 Å². The highest BCUT2D eigenvalue weighted by atomic mass is 16.5. The summed E-state index contributed by atoms with van der Waals surface area (Å²) in [6, 6.07) is 0.427. The summed E-state index contributed by atoms with van der Waals surface area (Å²) in [5.74, 6) is 0.265. The minimum atomic E-state index is 0.265. The highest BCUT2D eigenvalue weighted by Gasteiger charge is 2.26. The van der Waals surface area contributed by atoms with Gasteiger partial charge in [-0.05, 0) is 25.8 Å². The average Bonchev–Trinajstić information content (AvgIpc) is 2.48. The summed E-state index contributed by atoms with van der Waals surface area (Å²) in [4.78, 5) is 19.0. The molecule has 0 bridgehead atoms. The fourth-order valence-corrected chi connectivity index (χ4v) is 3.11. The monoisotopic (exact) mass is 283 g/mol. The van der Waals surface area contributed by atoms with E-state index in [1.807, 2.05) is 11.9 Å². The first kappa shape index (κ1) is 15.7. The number of likely N-dealkylation sites (N-methyl/N-ethyl adjacent to an activating group) is 1. The van der Waals surface area contributed by atoms with Gasteiger partial charge in [-0.1, -0.05) is 6.92 Å². The summed E-state index contributed by atoms with van der Waals surface area (Å²) in [5.41, 5.74) is 0. The van der Waals surface area contributed by atoms with Gasteiger partial charge in [0.15, 0.2) is 0 Å². The van der Waals surface area contributed by atoms with E-state index in [1.165, 1.54) is 13.0 Å². The second-order valence-corrected chi connectivity index (χ2v) is 5.97. The Hall–Kier alpha value is -0.650. The van der Waals surface area contributed by atoms with Gasteiger partial charge in [0.2, 0.25) is 5.91 Å². The van der Waals surface area contributed by atoms with Crippen LogP contribution in [0.4, 0.5) is 0 Å². The molecule has 5 nitrogen and oxygen atoms in total. The minimum Gasteiger partial charge on any atom is -0.379 e. The van der Waals surface area contributed by atoms with Crippen LogP contribution in [0, 0.1) is 0 Å². The number of nitrogens with zero attached hydrogens (tertiary/aromatic N) is 3. The van der Waals surface area contributed by atoms with Crippen LogP contribution in [0.15, 0.2) is 0 Å². The predicted molar refractivity (Wildman–Crippen MR) is 79.8 cm³/mol. The SMILES string of the molecule is CCCN1CCC(N(C)C(=O)CN2CCOCC2)CC1. The fraction of sp³-hybridized carbons (Fsp3) is 0.933. The summed E-state index contributed by atoms with van der Waals surface area (Å²) >= 11 is 0. The van der Waals surface area contributed by atoms with E-state index >= 15 is 0 Å². The molecule has 1 amide bonds. The van der Waals surface area contributed by atoms with E-state index in [4.69, 9.17) is 4.74 Å². The van der Waals surface area contributed by atoms with Crippen molar-refractivity contribution >= 4 is 5.91 Å². The summed E-state index contributed by atoms with van der Waals surface area (Å²) in [7, 11) is 1.98. The van der Waals surface area contributed by atoms with E-state index in [2.05, 4.69) is 16.7 Å². The fourth-order valence-electron chi connectivity index (χ4n) is 3.11. The Balaban J connectivity index is 1.73. The van der Waals surface area contributed by atoms with Crippen LogP contribution >= 0.6 is 0 Å². The van der Waals surface area contributed by atoms with E-state index in [1.54, 1.807) is 0 Å². The van der Waals surface area contributed by atoms with E-state index < -0.39 is 0 Å². The largest absolute Gasteiger partial charge is 0.379 e. The average molecular weight is 283 g/mol. The summed E-state index contributed by atoms with van der Waals surface area (Å²) in [5, 5.41) is 0. The molecule has 0 aliphatic carbocycles. The molecule has 2 aliphatic heterocycles. The van der Waals surface area contributed by atoms with Crippen LogP contribution in [0.5, 0.6) is 0 Å². The van der Waals surface area contributed by atoms with Crippen molar-refractivity contribution in [3.63, 3.8) is 0 Å². The number of hydrogen-bond donors (Lipinski definition) is 0. The zero-order chi connectivity index (χ0) is 14.4. The normalized spacial score (nSPS) is 22.9. The van der Waals surface area contributed by atoms with Crippen LogP contribution in [0.25, 0.3) is 0 Å². The predicted octanol–water partition coefficient (Wildman–Crippen LogP) is 0.651. The molecule has 116 valence electrons. The quantitative estimate of drug-likeness (QED) is 0.742. The molecule has 2 saturated heterocycles. The zero-order valence-electron chi connectivity index (χ0n) is 13.0. The summed E-state index contributed by atoms with van der Waals surface area (Å²) < 4.78 is 5.32. The molecule has 0 aromatic heterocycles. The van der Waals surface area contributed by atoms with Crippen LogP contribution in [0.3, 0.4) is 0 Å². The molecular formula is C15H29N3O2. The van der Waals surface area contributed by atoms with Gasteiger partial charge in [-0.15, -0.1) is 0 Å². The molecule has 2 fully saturated rings. The molecule has 2 aliphatic rings. The lowest BCUT2D eigenvalue weighted by Gasteiger charge is -2.37. The van der Waals surface area contributed by atoms with Crippen molar-refractivity contribution in [3.8, 4) is 0 Å². The number of rotatable bonds is 5. The number of piperidine rings is 1. The lowest BCUT2D eigenvalue weighted by molar-refractivity contribution is -0.135. The van der Waals surface area contributed by atoms with Crippen molar-refractivity contribution in [2.75, 3.05) is 59.5 Å². The van der Waals surface area contributed by atoms with Crippen LogP contribution in [0.1, 0.15) is 26.2 Å². The van der Waals surface area contributed by atoms with Gasteiger partial charge in [-0.25, -0.2) is 0 Å². The van der Waals surface area contributed by atoms with Crippen molar-refractivity contribution in [2.24, 2.45) is 0 Å². The smallest absolute Gasteiger partial charge is 0.236 e. The first-order valence-corrected chi connectivity index (χ1v) is 7.99. The second-order valence-electron chi connectivity index (χ2n) is 5.97. The number of morpholine rings is 1. The number of hydrogen-bond acceptors (Lipinski definition) is 4. The molecule has 5 heteroatoms.